The molecule has 0 atom stereocenters. The number of hydrogen-bond donors (Lipinski definition) is 0. The Labute approximate surface area is 67.9 Å². The van der Waals surface area contributed by atoms with Crippen molar-refractivity contribution < 1.29 is 9.15 Å². The van der Waals surface area contributed by atoms with Crippen LogP contribution in [0.4, 0.5) is 0 Å². The van der Waals surface area contributed by atoms with Crippen molar-refractivity contribution in [1.29, 1.82) is 0 Å². The van der Waals surface area contributed by atoms with Gasteiger partial charge in [-0.2, -0.15) is 0 Å². The maximum absolute atomic E-state index is 10.5. The third kappa shape index (κ3) is 2.69. The molecule has 0 unspecified atom stereocenters. The summed E-state index contributed by atoms with van der Waals surface area (Å²) in [5.41, 5.74) is 0. The molecule has 1 rings (SSSR count). The molecule has 0 amide bonds. The first-order chi connectivity index (χ1) is 5.33. The minimum absolute atomic E-state index is 0.290. The first-order valence-electron chi connectivity index (χ1n) is 3.09. The lowest BCUT2D eigenvalue weighted by Gasteiger charge is -1.94. The highest BCUT2D eigenvalue weighted by atomic mass is 32.1. The molecule has 4 heteroatoms. The second-order valence-corrected chi connectivity index (χ2v) is 2.66. The molecular formula is C7H8O3S. The Balaban J connectivity index is 2.38. The number of hydrogen-bond acceptors (Lipinski definition) is 4. The van der Waals surface area contributed by atoms with Crippen molar-refractivity contribution in [3.8, 4) is 0 Å². The molecule has 0 bridgehead atoms. The smallest absolute Gasteiger partial charge is 0.395 e. The summed E-state index contributed by atoms with van der Waals surface area (Å²) in [6.45, 7) is 4.29. The van der Waals surface area contributed by atoms with Crippen LogP contribution in [0, 0.1) is 0 Å². The van der Waals surface area contributed by atoms with Gasteiger partial charge in [-0.25, -0.2) is 4.79 Å². The molecule has 0 radical (unpaired) electrons. The first-order valence-corrected chi connectivity index (χ1v) is 3.97. The first kappa shape index (κ1) is 8.23. The van der Waals surface area contributed by atoms with Crippen LogP contribution in [0.25, 0.3) is 0 Å². The van der Waals surface area contributed by atoms with E-state index in [0.29, 0.717) is 19.0 Å². The zero-order valence-electron chi connectivity index (χ0n) is 5.91. The van der Waals surface area contributed by atoms with Crippen LogP contribution in [0.3, 0.4) is 0 Å². The van der Waals surface area contributed by atoms with E-state index in [1.807, 2.05) is 0 Å². The molecule has 0 aliphatic rings. The SMILES string of the molecule is C=CCOCc1csc(=O)o1. The molecule has 0 saturated carbocycles. The van der Waals surface area contributed by atoms with Crippen LogP contribution in [0.5, 0.6) is 0 Å². The monoisotopic (exact) mass is 172 g/mol. The van der Waals surface area contributed by atoms with Gasteiger partial charge in [0.05, 0.1) is 6.61 Å². The topological polar surface area (TPSA) is 39.4 Å². The predicted octanol–water partition coefficient (Wildman–Crippen LogP) is 1.40. The van der Waals surface area contributed by atoms with Crippen molar-refractivity contribution in [2.45, 2.75) is 6.61 Å². The van der Waals surface area contributed by atoms with E-state index >= 15 is 0 Å². The van der Waals surface area contributed by atoms with Gasteiger partial charge in [-0.3, -0.25) is 0 Å². The fourth-order valence-corrected chi connectivity index (χ4v) is 1.07. The van der Waals surface area contributed by atoms with Gasteiger partial charge < -0.3 is 9.15 Å². The van der Waals surface area contributed by atoms with Gasteiger partial charge in [-0.1, -0.05) is 17.4 Å². The summed E-state index contributed by atoms with van der Waals surface area (Å²) >= 11 is 1.03. The van der Waals surface area contributed by atoms with Crippen LogP contribution in [-0.4, -0.2) is 6.61 Å². The van der Waals surface area contributed by atoms with Crippen LogP contribution in [0.15, 0.2) is 27.2 Å². The summed E-state index contributed by atoms with van der Waals surface area (Å²) in [5, 5.41) is 1.64. The predicted molar refractivity (Wildman–Crippen MR) is 42.7 cm³/mol. The number of rotatable bonds is 4. The van der Waals surface area contributed by atoms with Gasteiger partial charge in [0.25, 0.3) is 0 Å². The fraction of sp³-hybridized carbons (Fsp3) is 0.286. The van der Waals surface area contributed by atoms with E-state index in [1.54, 1.807) is 11.5 Å². The molecule has 1 aromatic rings. The van der Waals surface area contributed by atoms with Crippen molar-refractivity contribution >= 4 is 11.3 Å². The normalized spacial score (nSPS) is 9.82. The highest BCUT2D eigenvalue weighted by molar-refractivity contribution is 7.07. The van der Waals surface area contributed by atoms with Crippen molar-refractivity contribution in [3.63, 3.8) is 0 Å². The van der Waals surface area contributed by atoms with E-state index in [-0.39, 0.29) is 4.94 Å². The van der Waals surface area contributed by atoms with Crippen LogP contribution < -0.4 is 4.94 Å². The summed E-state index contributed by atoms with van der Waals surface area (Å²) in [6, 6.07) is 0. The molecule has 0 aliphatic carbocycles. The van der Waals surface area contributed by atoms with Gasteiger partial charge in [0.1, 0.15) is 12.4 Å². The largest absolute Gasteiger partial charge is 0.417 e. The average molecular weight is 172 g/mol. The van der Waals surface area contributed by atoms with Crippen LogP contribution in [0.2, 0.25) is 0 Å². The molecule has 0 saturated heterocycles. The highest BCUT2D eigenvalue weighted by Gasteiger charge is 1.97. The second kappa shape index (κ2) is 4.10. The zero-order valence-corrected chi connectivity index (χ0v) is 6.73. The van der Waals surface area contributed by atoms with E-state index in [9.17, 15) is 4.79 Å². The van der Waals surface area contributed by atoms with E-state index in [2.05, 4.69) is 6.58 Å². The Bertz CT molecular complexity index is 273. The van der Waals surface area contributed by atoms with Gasteiger partial charge in [-0.15, -0.1) is 6.58 Å². The van der Waals surface area contributed by atoms with Gasteiger partial charge in [0.15, 0.2) is 0 Å². The molecule has 60 valence electrons. The van der Waals surface area contributed by atoms with E-state index in [4.69, 9.17) is 9.15 Å². The Morgan fingerprint density at radius 2 is 2.64 bits per heavy atom. The van der Waals surface area contributed by atoms with Crippen molar-refractivity contribution in [1.82, 2.24) is 0 Å². The Hall–Kier alpha value is -0.870. The average Bonchev–Trinajstić information content (AvgIpc) is 2.37. The van der Waals surface area contributed by atoms with E-state index < -0.39 is 0 Å². The Morgan fingerprint density at radius 1 is 1.82 bits per heavy atom. The maximum Gasteiger partial charge on any atom is 0.395 e. The third-order valence-electron chi connectivity index (χ3n) is 0.981. The molecule has 0 fully saturated rings. The lowest BCUT2D eigenvalue weighted by molar-refractivity contribution is 0.130. The lowest BCUT2D eigenvalue weighted by atomic mass is 10.6. The molecule has 11 heavy (non-hydrogen) atoms. The molecule has 0 spiro atoms. The number of ether oxygens (including phenoxy) is 1. The Morgan fingerprint density at radius 3 is 3.18 bits per heavy atom. The third-order valence-corrected chi connectivity index (χ3v) is 1.64. The van der Waals surface area contributed by atoms with Gasteiger partial charge in [-0.05, 0) is 0 Å². The minimum atomic E-state index is -0.290. The van der Waals surface area contributed by atoms with Crippen LogP contribution in [0.1, 0.15) is 5.76 Å². The minimum Gasteiger partial charge on any atom is -0.417 e. The quantitative estimate of drug-likeness (QED) is 0.509. The standard InChI is InChI=1S/C7H8O3S/c1-2-3-9-4-6-5-11-7(8)10-6/h2,5H,1,3-4H2. The van der Waals surface area contributed by atoms with E-state index in [1.165, 1.54) is 0 Å². The summed E-state index contributed by atoms with van der Waals surface area (Å²) in [6.07, 6.45) is 1.64. The molecule has 0 N–H and O–H groups in total. The summed E-state index contributed by atoms with van der Waals surface area (Å²) in [5.74, 6) is 0.571. The zero-order chi connectivity index (χ0) is 8.10. The molecule has 0 aliphatic heterocycles. The summed E-state index contributed by atoms with van der Waals surface area (Å²) in [7, 11) is 0. The molecule has 1 aromatic heterocycles. The summed E-state index contributed by atoms with van der Waals surface area (Å²) in [4.78, 5) is 10.2. The molecule has 0 aromatic carbocycles. The van der Waals surface area contributed by atoms with Crippen molar-refractivity contribution in [3.05, 3.63) is 33.5 Å². The highest BCUT2D eigenvalue weighted by Crippen LogP contribution is 2.01. The summed E-state index contributed by atoms with van der Waals surface area (Å²) < 4.78 is 9.77. The molecule has 1 heterocycles. The van der Waals surface area contributed by atoms with Gasteiger partial charge >= 0.3 is 4.94 Å². The molecular weight excluding hydrogens is 164 g/mol. The van der Waals surface area contributed by atoms with Crippen molar-refractivity contribution in [2.24, 2.45) is 0 Å². The maximum atomic E-state index is 10.5. The van der Waals surface area contributed by atoms with Gasteiger partial charge in [0, 0.05) is 5.38 Å². The second-order valence-electron chi connectivity index (χ2n) is 1.86. The van der Waals surface area contributed by atoms with Crippen LogP contribution in [-0.2, 0) is 11.3 Å². The van der Waals surface area contributed by atoms with Crippen LogP contribution >= 0.6 is 11.3 Å². The van der Waals surface area contributed by atoms with Gasteiger partial charge in [0.2, 0.25) is 0 Å². The lowest BCUT2D eigenvalue weighted by Crippen LogP contribution is -1.91. The Kier molecular flexibility index (Phi) is 3.07. The van der Waals surface area contributed by atoms with Crippen molar-refractivity contribution in [2.75, 3.05) is 6.61 Å². The molecule has 3 nitrogen and oxygen atoms in total. The fourth-order valence-electron chi connectivity index (χ4n) is 0.575. The van der Waals surface area contributed by atoms with E-state index in [0.717, 1.165) is 11.3 Å².